The standard InChI is InChI=1S/C20H19N5OS/c1-3-13-8-10-14(11-9-13)18-23-20(25-24-18)27-12(2)17-21-16-7-5-4-6-15(16)19(26)22-17/h4-12H,3H2,1-2H3,(H,21,22,26)(H,23,24,25). The van der Waals surface area contributed by atoms with Gasteiger partial charge in [-0.2, -0.15) is 0 Å². The van der Waals surface area contributed by atoms with Crippen molar-refractivity contribution in [2.45, 2.75) is 30.7 Å². The summed E-state index contributed by atoms with van der Waals surface area (Å²) in [6.45, 7) is 4.11. The molecule has 0 fully saturated rings. The van der Waals surface area contributed by atoms with Gasteiger partial charge < -0.3 is 4.98 Å². The zero-order chi connectivity index (χ0) is 18.8. The third-order valence-electron chi connectivity index (χ3n) is 4.40. The van der Waals surface area contributed by atoms with Crippen molar-refractivity contribution in [3.8, 4) is 11.4 Å². The minimum Gasteiger partial charge on any atom is -0.309 e. The van der Waals surface area contributed by atoms with Crippen molar-refractivity contribution >= 4 is 22.7 Å². The third-order valence-corrected chi connectivity index (χ3v) is 5.37. The van der Waals surface area contributed by atoms with Gasteiger partial charge >= 0.3 is 0 Å². The number of thioether (sulfide) groups is 1. The highest BCUT2D eigenvalue weighted by Crippen LogP contribution is 2.31. The van der Waals surface area contributed by atoms with Crippen LogP contribution in [0.4, 0.5) is 0 Å². The van der Waals surface area contributed by atoms with Crippen LogP contribution in [-0.2, 0) is 6.42 Å². The van der Waals surface area contributed by atoms with Crippen molar-refractivity contribution < 1.29 is 0 Å². The zero-order valence-corrected chi connectivity index (χ0v) is 15.9. The Kier molecular flexibility index (Phi) is 4.77. The molecule has 0 spiro atoms. The van der Waals surface area contributed by atoms with Gasteiger partial charge in [0.1, 0.15) is 5.82 Å². The van der Waals surface area contributed by atoms with Crippen LogP contribution in [0, 0.1) is 0 Å². The number of nitrogens with zero attached hydrogens (tertiary/aromatic N) is 3. The van der Waals surface area contributed by atoms with E-state index in [1.54, 1.807) is 6.07 Å². The second kappa shape index (κ2) is 7.36. The monoisotopic (exact) mass is 377 g/mol. The van der Waals surface area contributed by atoms with E-state index in [9.17, 15) is 4.79 Å². The van der Waals surface area contributed by atoms with Crippen molar-refractivity contribution in [1.82, 2.24) is 25.1 Å². The molecule has 0 aliphatic carbocycles. The molecule has 0 saturated heterocycles. The summed E-state index contributed by atoms with van der Waals surface area (Å²) in [5.41, 5.74) is 2.84. The third kappa shape index (κ3) is 3.64. The summed E-state index contributed by atoms with van der Waals surface area (Å²) >= 11 is 1.45. The molecule has 2 aromatic heterocycles. The molecule has 0 saturated carbocycles. The van der Waals surface area contributed by atoms with E-state index in [-0.39, 0.29) is 10.8 Å². The van der Waals surface area contributed by atoms with Gasteiger partial charge in [-0.05, 0) is 31.0 Å². The molecule has 2 heterocycles. The van der Waals surface area contributed by atoms with Crippen LogP contribution in [0.2, 0.25) is 0 Å². The van der Waals surface area contributed by atoms with Gasteiger partial charge in [0.2, 0.25) is 5.16 Å². The van der Waals surface area contributed by atoms with E-state index >= 15 is 0 Å². The van der Waals surface area contributed by atoms with Crippen LogP contribution in [0.5, 0.6) is 0 Å². The maximum absolute atomic E-state index is 12.3. The Hall–Kier alpha value is -2.93. The fourth-order valence-corrected chi connectivity index (χ4v) is 3.62. The first-order chi connectivity index (χ1) is 13.1. The zero-order valence-electron chi connectivity index (χ0n) is 15.1. The van der Waals surface area contributed by atoms with Gasteiger partial charge in [-0.3, -0.25) is 9.89 Å². The number of hydrogen-bond acceptors (Lipinski definition) is 5. The lowest BCUT2D eigenvalue weighted by Crippen LogP contribution is -2.12. The predicted octanol–water partition coefficient (Wildman–Crippen LogP) is 4.12. The molecule has 136 valence electrons. The molecule has 0 amide bonds. The minimum absolute atomic E-state index is 0.0894. The van der Waals surface area contributed by atoms with Crippen molar-refractivity contribution in [3.05, 3.63) is 70.3 Å². The SMILES string of the molecule is CCc1ccc(-c2nc(SC(C)c3nc4ccccc4c(=O)[nH]3)n[nH]2)cc1. The maximum atomic E-state index is 12.3. The Morgan fingerprint density at radius 1 is 1.07 bits per heavy atom. The Labute approximate surface area is 160 Å². The fraction of sp³-hybridized carbons (Fsp3) is 0.200. The van der Waals surface area contributed by atoms with E-state index in [0.29, 0.717) is 21.9 Å². The molecule has 0 aliphatic rings. The van der Waals surface area contributed by atoms with E-state index in [4.69, 9.17) is 0 Å². The number of fused-ring (bicyclic) bond motifs is 1. The summed E-state index contributed by atoms with van der Waals surface area (Å²) in [7, 11) is 0. The van der Waals surface area contributed by atoms with Gasteiger partial charge in [-0.1, -0.05) is 55.1 Å². The summed E-state index contributed by atoms with van der Waals surface area (Å²) in [5, 5.41) is 8.40. The van der Waals surface area contributed by atoms with Crippen molar-refractivity contribution in [3.63, 3.8) is 0 Å². The highest BCUT2D eigenvalue weighted by atomic mass is 32.2. The molecule has 0 radical (unpaired) electrons. The number of rotatable bonds is 5. The summed E-state index contributed by atoms with van der Waals surface area (Å²) in [6, 6.07) is 15.6. The molecule has 27 heavy (non-hydrogen) atoms. The van der Waals surface area contributed by atoms with Crippen LogP contribution < -0.4 is 5.56 Å². The lowest BCUT2D eigenvalue weighted by molar-refractivity contribution is 0.904. The molecule has 2 aromatic carbocycles. The highest BCUT2D eigenvalue weighted by Gasteiger charge is 2.15. The normalized spacial score (nSPS) is 12.4. The number of H-pyrrole nitrogens is 2. The number of nitrogens with one attached hydrogen (secondary N) is 2. The summed E-state index contributed by atoms with van der Waals surface area (Å²) in [4.78, 5) is 24.3. The molecule has 7 heteroatoms. The number of aromatic nitrogens is 5. The van der Waals surface area contributed by atoms with Crippen molar-refractivity contribution in [1.29, 1.82) is 0 Å². The Morgan fingerprint density at radius 3 is 2.63 bits per heavy atom. The molecule has 6 nitrogen and oxygen atoms in total. The second-order valence-corrected chi connectivity index (χ2v) is 7.55. The van der Waals surface area contributed by atoms with Gasteiger partial charge in [-0.15, -0.1) is 5.10 Å². The molecule has 1 unspecified atom stereocenters. The number of aromatic amines is 2. The molecule has 4 rings (SSSR count). The van der Waals surface area contributed by atoms with Crippen LogP contribution in [0.1, 0.15) is 30.5 Å². The number of benzene rings is 2. The maximum Gasteiger partial charge on any atom is 0.258 e. The van der Waals surface area contributed by atoms with E-state index in [1.165, 1.54) is 17.3 Å². The van der Waals surface area contributed by atoms with Gasteiger partial charge in [0.05, 0.1) is 16.2 Å². The first-order valence-electron chi connectivity index (χ1n) is 8.81. The van der Waals surface area contributed by atoms with E-state index in [0.717, 1.165) is 17.8 Å². The van der Waals surface area contributed by atoms with Gasteiger partial charge in [-0.25, -0.2) is 9.97 Å². The van der Waals surface area contributed by atoms with Gasteiger partial charge in [0, 0.05) is 5.56 Å². The lowest BCUT2D eigenvalue weighted by Gasteiger charge is -2.08. The summed E-state index contributed by atoms with van der Waals surface area (Å²) in [6.07, 6.45) is 1.01. The van der Waals surface area contributed by atoms with Crippen molar-refractivity contribution in [2.24, 2.45) is 0 Å². The molecular formula is C20H19N5OS. The second-order valence-electron chi connectivity index (χ2n) is 6.25. The molecule has 1 atom stereocenters. The van der Waals surface area contributed by atoms with Crippen LogP contribution in [0.15, 0.2) is 58.5 Å². The van der Waals surface area contributed by atoms with E-state index in [2.05, 4.69) is 44.2 Å². The van der Waals surface area contributed by atoms with E-state index < -0.39 is 0 Å². The Bertz CT molecular complexity index is 1130. The Balaban J connectivity index is 1.55. The molecule has 2 N–H and O–H groups in total. The summed E-state index contributed by atoms with van der Waals surface area (Å²) < 4.78 is 0. The first-order valence-corrected chi connectivity index (χ1v) is 9.69. The number of para-hydroxylation sites is 1. The van der Waals surface area contributed by atoms with Crippen LogP contribution in [-0.4, -0.2) is 25.1 Å². The molecule has 0 aliphatic heterocycles. The lowest BCUT2D eigenvalue weighted by atomic mass is 10.1. The van der Waals surface area contributed by atoms with Crippen molar-refractivity contribution in [2.75, 3.05) is 0 Å². The highest BCUT2D eigenvalue weighted by molar-refractivity contribution is 7.99. The van der Waals surface area contributed by atoms with Gasteiger partial charge in [0.15, 0.2) is 5.82 Å². The first kappa shape index (κ1) is 17.5. The predicted molar refractivity (Wildman–Crippen MR) is 108 cm³/mol. The van der Waals surface area contributed by atoms with Crippen LogP contribution >= 0.6 is 11.8 Å². The van der Waals surface area contributed by atoms with Gasteiger partial charge in [0.25, 0.3) is 5.56 Å². The topological polar surface area (TPSA) is 87.3 Å². The summed E-state index contributed by atoms with van der Waals surface area (Å²) in [5.74, 6) is 1.34. The van der Waals surface area contributed by atoms with Crippen LogP contribution in [0.25, 0.3) is 22.3 Å². The van der Waals surface area contributed by atoms with E-state index in [1.807, 2.05) is 37.3 Å². The quantitative estimate of drug-likeness (QED) is 0.511. The smallest absolute Gasteiger partial charge is 0.258 e. The average Bonchev–Trinajstić information content (AvgIpc) is 3.16. The fourth-order valence-electron chi connectivity index (χ4n) is 2.84. The number of aryl methyl sites for hydroxylation is 1. The number of hydrogen-bond donors (Lipinski definition) is 2. The Morgan fingerprint density at radius 2 is 1.85 bits per heavy atom. The largest absolute Gasteiger partial charge is 0.309 e. The molecule has 4 aromatic rings. The minimum atomic E-state index is -0.130. The van der Waals surface area contributed by atoms with Crippen LogP contribution in [0.3, 0.4) is 0 Å². The molecule has 0 bridgehead atoms. The molecular weight excluding hydrogens is 358 g/mol. The average molecular weight is 377 g/mol.